The number of nitrogens with zero attached hydrogens (tertiary/aromatic N) is 4. The number of halogens is 4. The molecule has 1 unspecified atom stereocenters. The molecule has 0 aliphatic carbocycles. The van der Waals surface area contributed by atoms with E-state index in [0.717, 1.165) is 6.07 Å². The fraction of sp³-hybridized carbons (Fsp3) is 0.217. The Hall–Kier alpha value is -3.30. The molecule has 170 valence electrons. The molecule has 1 atom stereocenters. The molecule has 0 saturated carbocycles. The van der Waals surface area contributed by atoms with Crippen molar-refractivity contribution in [3.8, 4) is 11.3 Å². The van der Waals surface area contributed by atoms with Crippen molar-refractivity contribution in [2.45, 2.75) is 31.9 Å². The van der Waals surface area contributed by atoms with E-state index < -0.39 is 23.9 Å². The van der Waals surface area contributed by atoms with Gasteiger partial charge in [0.2, 0.25) is 0 Å². The van der Waals surface area contributed by atoms with E-state index in [1.807, 2.05) is 0 Å². The molecule has 0 aliphatic rings. The van der Waals surface area contributed by atoms with Crippen LogP contribution in [0.4, 0.5) is 18.9 Å². The van der Waals surface area contributed by atoms with Gasteiger partial charge in [-0.1, -0.05) is 41.9 Å². The number of aliphatic hydroxyl groups is 1. The van der Waals surface area contributed by atoms with Gasteiger partial charge in [0.15, 0.2) is 11.6 Å². The molecule has 0 bridgehead atoms. The number of hydrogen-bond acceptors (Lipinski definition) is 6. The maximum Gasteiger partial charge on any atom is 0.262 e. The largest absolute Gasteiger partial charge is 0.382 e. The van der Waals surface area contributed by atoms with E-state index in [1.165, 1.54) is 32.4 Å². The van der Waals surface area contributed by atoms with E-state index in [0.29, 0.717) is 5.56 Å². The summed E-state index contributed by atoms with van der Waals surface area (Å²) in [7, 11) is 0. The van der Waals surface area contributed by atoms with Gasteiger partial charge in [-0.15, -0.1) is 0 Å². The molecule has 0 amide bonds. The maximum absolute atomic E-state index is 14.8. The van der Waals surface area contributed by atoms with E-state index in [2.05, 4.69) is 25.3 Å². The standard InChI is InChI=1S/C23H19ClF3N5O/c1-23(2,33)22-29-9-13(10-30-22)17-15(25)8-16-20(31-17)19(14(24)11-28-16)32-18(21(26)27)12-6-4-3-5-7-12/h3-11,18,21,33H,1-2H3,(H,28,32). The number of pyridine rings is 2. The lowest BCUT2D eigenvalue weighted by atomic mass is 10.1. The SMILES string of the molecule is CC(C)(O)c1ncc(-c2nc3c(NC(c4ccccc4)C(F)F)c(Cl)cnc3cc2F)cn1. The highest BCUT2D eigenvalue weighted by molar-refractivity contribution is 6.34. The molecule has 0 radical (unpaired) electrons. The van der Waals surface area contributed by atoms with Gasteiger partial charge >= 0.3 is 0 Å². The van der Waals surface area contributed by atoms with Crippen LogP contribution >= 0.6 is 11.6 Å². The van der Waals surface area contributed by atoms with Crippen molar-refractivity contribution in [1.29, 1.82) is 0 Å². The quantitative estimate of drug-likeness (QED) is 0.383. The second-order valence-electron chi connectivity index (χ2n) is 7.89. The first-order valence-corrected chi connectivity index (χ1v) is 10.3. The number of fused-ring (bicyclic) bond motifs is 1. The molecule has 0 saturated heterocycles. The van der Waals surface area contributed by atoms with Gasteiger partial charge in [-0.05, 0) is 19.4 Å². The maximum atomic E-state index is 14.8. The van der Waals surface area contributed by atoms with Gasteiger partial charge in [0.05, 0.1) is 16.2 Å². The number of aromatic nitrogens is 4. The summed E-state index contributed by atoms with van der Waals surface area (Å²) < 4.78 is 42.7. The Labute approximate surface area is 192 Å². The summed E-state index contributed by atoms with van der Waals surface area (Å²) in [5.41, 5.74) is -0.431. The van der Waals surface area contributed by atoms with Gasteiger partial charge in [0.1, 0.15) is 22.9 Å². The van der Waals surface area contributed by atoms with Crippen LogP contribution in [0.15, 0.2) is 55.0 Å². The summed E-state index contributed by atoms with van der Waals surface area (Å²) in [4.78, 5) is 16.6. The fourth-order valence-corrected chi connectivity index (χ4v) is 3.47. The molecule has 0 fully saturated rings. The molecule has 4 rings (SSSR count). The summed E-state index contributed by atoms with van der Waals surface area (Å²) in [5.74, 6) is -0.543. The Morgan fingerprint density at radius 1 is 1.03 bits per heavy atom. The smallest absolute Gasteiger partial charge is 0.262 e. The number of alkyl halides is 2. The number of anilines is 1. The summed E-state index contributed by atoms with van der Waals surface area (Å²) in [6.07, 6.45) is 1.15. The second kappa shape index (κ2) is 8.92. The first-order chi connectivity index (χ1) is 15.6. The Morgan fingerprint density at radius 3 is 2.30 bits per heavy atom. The van der Waals surface area contributed by atoms with Gasteiger partial charge < -0.3 is 10.4 Å². The topological polar surface area (TPSA) is 83.8 Å². The minimum Gasteiger partial charge on any atom is -0.382 e. The average molecular weight is 474 g/mol. The highest BCUT2D eigenvalue weighted by Crippen LogP contribution is 2.35. The van der Waals surface area contributed by atoms with Crippen LogP contribution in [0.2, 0.25) is 5.02 Å². The molecule has 6 nitrogen and oxygen atoms in total. The third-order valence-corrected chi connectivity index (χ3v) is 5.22. The van der Waals surface area contributed by atoms with E-state index in [1.54, 1.807) is 30.3 Å². The Balaban J connectivity index is 1.82. The zero-order valence-corrected chi connectivity index (χ0v) is 18.4. The molecule has 0 aliphatic heterocycles. The first-order valence-electron chi connectivity index (χ1n) is 9.95. The molecular weight excluding hydrogens is 455 g/mol. The number of rotatable bonds is 6. The van der Waals surface area contributed by atoms with Crippen LogP contribution in [0.3, 0.4) is 0 Å². The molecule has 33 heavy (non-hydrogen) atoms. The van der Waals surface area contributed by atoms with E-state index in [9.17, 15) is 18.3 Å². The predicted octanol–water partition coefficient (Wildman–Crippen LogP) is 5.53. The van der Waals surface area contributed by atoms with Gasteiger partial charge in [-0.2, -0.15) is 0 Å². The number of nitrogens with one attached hydrogen (secondary N) is 1. The first kappa shape index (κ1) is 22.9. The minimum absolute atomic E-state index is 0.0581. The van der Waals surface area contributed by atoms with E-state index in [4.69, 9.17) is 11.6 Å². The lowest BCUT2D eigenvalue weighted by molar-refractivity contribution is 0.0687. The average Bonchev–Trinajstić information content (AvgIpc) is 2.78. The molecule has 1 aromatic carbocycles. The van der Waals surface area contributed by atoms with Gasteiger partial charge in [-0.25, -0.2) is 28.1 Å². The van der Waals surface area contributed by atoms with Crippen molar-refractivity contribution < 1.29 is 18.3 Å². The Bertz CT molecular complexity index is 1280. The van der Waals surface area contributed by atoms with Gasteiger partial charge in [0, 0.05) is 30.2 Å². The van der Waals surface area contributed by atoms with Crippen LogP contribution in [0.5, 0.6) is 0 Å². The molecule has 10 heteroatoms. The van der Waals surface area contributed by atoms with Crippen molar-refractivity contribution in [3.05, 3.63) is 77.2 Å². The van der Waals surface area contributed by atoms with E-state index >= 15 is 0 Å². The van der Waals surface area contributed by atoms with Crippen LogP contribution in [0, 0.1) is 5.82 Å². The second-order valence-corrected chi connectivity index (χ2v) is 8.30. The van der Waals surface area contributed by atoms with Crippen molar-refractivity contribution in [1.82, 2.24) is 19.9 Å². The normalized spacial score (nSPS) is 12.8. The fourth-order valence-electron chi connectivity index (χ4n) is 3.28. The monoisotopic (exact) mass is 473 g/mol. The van der Waals surface area contributed by atoms with Crippen LogP contribution < -0.4 is 5.32 Å². The molecular formula is C23H19ClF3N5O. The van der Waals surface area contributed by atoms with Crippen molar-refractivity contribution >= 4 is 28.3 Å². The molecule has 4 aromatic rings. The molecule has 0 spiro atoms. The van der Waals surface area contributed by atoms with E-state index in [-0.39, 0.29) is 38.8 Å². The summed E-state index contributed by atoms with van der Waals surface area (Å²) in [6.45, 7) is 3.04. The Morgan fingerprint density at radius 2 is 1.70 bits per heavy atom. The highest BCUT2D eigenvalue weighted by atomic mass is 35.5. The summed E-state index contributed by atoms with van der Waals surface area (Å²) in [6, 6.07) is 7.94. The van der Waals surface area contributed by atoms with Crippen molar-refractivity contribution in [3.63, 3.8) is 0 Å². The van der Waals surface area contributed by atoms with Crippen LogP contribution in [-0.2, 0) is 5.60 Å². The molecule has 3 heterocycles. The summed E-state index contributed by atoms with van der Waals surface area (Å²) >= 11 is 6.29. The Kier molecular flexibility index (Phi) is 6.18. The molecule has 3 aromatic heterocycles. The minimum atomic E-state index is -2.76. The molecule has 2 N–H and O–H groups in total. The van der Waals surface area contributed by atoms with Crippen LogP contribution in [0.25, 0.3) is 22.3 Å². The number of hydrogen-bond donors (Lipinski definition) is 2. The van der Waals surface area contributed by atoms with Crippen molar-refractivity contribution in [2.75, 3.05) is 5.32 Å². The highest BCUT2D eigenvalue weighted by Gasteiger charge is 2.25. The van der Waals surface area contributed by atoms with Gasteiger partial charge in [0.25, 0.3) is 6.43 Å². The van der Waals surface area contributed by atoms with Crippen LogP contribution in [-0.4, -0.2) is 31.5 Å². The van der Waals surface area contributed by atoms with Crippen molar-refractivity contribution in [2.24, 2.45) is 0 Å². The van der Waals surface area contributed by atoms with Gasteiger partial charge in [-0.3, -0.25) is 4.98 Å². The van der Waals surface area contributed by atoms with Crippen LogP contribution in [0.1, 0.15) is 31.3 Å². The lowest BCUT2D eigenvalue weighted by Gasteiger charge is -2.21. The lowest BCUT2D eigenvalue weighted by Crippen LogP contribution is -2.19. The third-order valence-electron chi connectivity index (χ3n) is 4.93. The summed E-state index contributed by atoms with van der Waals surface area (Å²) in [5, 5.41) is 12.8. The third kappa shape index (κ3) is 4.74. The zero-order valence-electron chi connectivity index (χ0n) is 17.6. The predicted molar refractivity (Wildman–Crippen MR) is 120 cm³/mol. The zero-order chi connectivity index (χ0) is 23.8. The number of benzene rings is 1.